The summed E-state index contributed by atoms with van der Waals surface area (Å²) in [5.74, 6) is -0.610. The molecule has 0 amide bonds. The van der Waals surface area contributed by atoms with Crippen molar-refractivity contribution in [2.24, 2.45) is 5.41 Å². The molecular weight excluding hydrogens is 382 g/mol. The highest BCUT2D eigenvalue weighted by atomic mass is 16.6. The number of ether oxygens (including phenoxy) is 3. The number of allylic oxidation sites excluding steroid dienone is 1. The highest BCUT2D eigenvalue weighted by Gasteiger charge is 2.58. The van der Waals surface area contributed by atoms with Gasteiger partial charge in [0.2, 0.25) is 0 Å². The molecule has 2 aliphatic heterocycles. The van der Waals surface area contributed by atoms with Gasteiger partial charge in [-0.1, -0.05) is 57.0 Å². The van der Waals surface area contributed by atoms with Gasteiger partial charge < -0.3 is 19.1 Å². The van der Waals surface area contributed by atoms with Crippen LogP contribution in [0, 0.1) is 5.41 Å². The molecule has 30 heavy (non-hydrogen) atoms. The maximum Gasteiger partial charge on any atom is 0.303 e. The quantitative estimate of drug-likeness (QED) is 0.340. The Morgan fingerprint density at radius 3 is 2.77 bits per heavy atom. The molecule has 6 heteroatoms. The van der Waals surface area contributed by atoms with Crippen molar-refractivity contribution in [3.05, 3.63) is 42.0 Å². The van der Waals surface area contributed by atoms with Gasteiger partial charge in [0.05, 0.1) is 6.61 Å². The number of nitrogens with zero attached hydrogens (tertiary/aromatic N) is 1. The van der Waals surface area contributed by atoms with Gasteiger partial charge in [0.1, 0.15) is 6.61 Å². The predicted molar refractivity (Wildman–Crippen MR) is 115 cm³/mol. The third-order valence-corrected chi connectivity index (χ3v) is 5.81. The smallest absolute Gasteiger partial charge is 0.303 e. The molecule has 1 saturated heterocycles. The first-order chi connectivity index (χ1) is 14.3. The van der Waals surface area contributed by atoms with Crippen LogP contribution in [0.3, 0.4) is 0 Å². The van der Waals surface area contributed by atoms with Crippen LogP contribution >= 0.6 is 0 Å². The molecule has 0 spiro atoms. The van der Waals surface area contributed by atoms with E-state index in [4.69, 9.17) is 14.2 Å². The Bertz CT molecular complexity index is 807. The molecule has 0 unspecified atom stereocenters. The van der Waals surface area contributed by atoms with Gasteiger partial charge in [-0.3, -0.25) is 9.59 Å². The second-order valence-corrected chi connectivity index (χ2v) is 8.58. The van der Waals surface area contributed by atoms with Crippen LogP contribution in [0.4, 0.5) is 5.69 Å². The molecule has 0 aromatic heterocycles. The van der Waals surface area contributed by atoms with Gasteiger partial charge in [-0.2, -0.15) is 0 Å². The van der Waals surface area contributed by atoms with Gasteiger partial charge in [0.25, 0.3) is 0 Å². The van der Waals surface area contributed by atoms with E-state index in [0.717, 1.165) is 30.5 Å². The number of hydrogen-bond donors (Lipinski definition) is 0. The van der Waals surface area contributed by atoms with Gasteiger partial charge >= 0.3 is 11.9 Å². The van der Waals surface area contributed by atoms with Gasteiger partial charge in [0.15, 0.2) is 11.8 Å². The number of unbranched alkanes of at least 4 members (excludes halogenated alkanes) is 2. The molecule has 0 aliphatic carbocycles. The van der Waals surface area contributed by atoms with Crippen LogP contribution < -0.4 is 4.90 Å². The number of anilines is 1. The molecule has 164 valence electrons. The molecule has 0 N–H and O–H groups in total. The highest BCUT2D eigenvalue weighted by molar-refractivity contribution is 5.70. The van der Waals surface area contributed by atoms with E-state index in [1.165, 1.54) is 13.8 Å². The van der Waals surface area contributed by atoms with E-state index in [2.05, 4.69) is 30.9 Å². The summed E-state index contributed by atoms with van der Waals surface area (Å²) in [4.78, 5) is 25.6. The Balaban J connectivity index is 1.93. The molecular formula is C24H33NO5. The van der Waals surface area contributed by atoms with E-state index in [1.54, 1.807) is 0 Å². The van der Waals surface area contributed by atoms with E-state index in [-0.39, 0.29) is 24.8 Å². The summed E-state index contributed by atoms with van der Waals surface area (Å²) >= 11 is 0. The van der Waals surface area contributed by atoms with Crippen LogP contribution in [0.1, 0.15) is 58.9 Å². The summed E-state index contributed by atoms with van der Waals surface area (Å²) in [5, 5.41) is 0. The van der Waals surface area contributed by atoms with Crippen molar-refractivity contribution in [3.63, 3.8) is 0 Å². The van der Waals surface area contributed by atoms with Crippen molar-refractivity contribution < 1.29 is 23.8 Å². The van der Waals surface area contributed by atoms with Crippen molar-refractivity contribution in [1.29, 1.82) is 0 Å². The maximum atomic E-state index is 12.0. The minimum atomic E-state index is -0.795. The summed E-state index contributed by atoms with van der Waals surface area (Å²) < 4.78 is 17.4. The summed E-state index contributed by atoms with van der Waals surface area (Å²) in [6, 6.07) is 8.00. The molecule has 1 aromatic rings. The summed E-state index contributed by atoms with van der Waals surface area (Å²) in [6.45, 7) is 8.50. The first-order valence-electron chi connectivity index (χ1n) is 10.8. The fraction of sp³-hybridized carbons (Fsp3) is 0.583. The van der Waals surface area contributed by atoms with Crippen LogP contribution in [0.15, 0.2) is 36.4 Å². The van der Waals surface area contributed by atoms with Gasteiger partial charge in [-0.15, -0.1) is 0 Å². The van der Waals surface area contributed by atoms with Crippen molar-refractivity contribution in [2.45, 2.75) is 65.2 Å². The standard InChI is InChI=1S/C24H33NO5/c1-5-6-7-10-13-23(4,17-29-18(2)26)16-25-21-12-9-8-11-20(21)24(30-19(3)27)14-15-28-22(24)25/h8-13,22H,5-7,14-17H2,1-4H3/b13-10+/t22-,23+,24+/m0/s1. The fourth-order valence-electron chi connectivity index (χ4n) is 4.47. The lowest BCUT2D eigenvalue weighted by atomic mass is 9.89. The largest absolute Gasteiger partial charge is 0.465 e. The number of rotatable bonds is 9. The zero-order valence-electron chi connectivity index (χ0n) is 18.5. The normalized spacial score (nSPS) is 24.4. The summed E-state index contributed by atoms with van der Waals surface area (Å²) in [7, 11) is 0. The zero-order chi connectivity index (χ0) is 21.8. The monoisotopic (exact) mass is 415 g/mol. The van der Waals surface area contributed by atoms with Crippen molar-refractivity contribution in [1.82, 2.24) is 0 Å². The minimum Gasteiger partial charge on any atom is -0.465 e. The van der Waals surface area contributed by atoms with Gasteiger partial charge in [0, 0.05) is 43.5 Å². The molecule has 1 aromatic carbocycles. The highest BCUT2D eigenvalue weighted by Crippen LogP contribution is 2.52. The molecule has 3 atom stereocenters. The van der Waals surface area contributed by atoms with Crippen molar-refractivity contribution in [3.8, 4) is 0 Å². The molecule has 2 heterocycles. The Morgan fingerprint density at radius 1 is 1.30 bits per heavy atom. The van der Waals surface area contributed by atoms with Crippen molar-refractivity contribution >= 4 is 17.6 Å². The lowest BCUT2D eigenvalue weighted by molar-refractivity contribution is -0.163. The first kappa shape index (κ1) is 22.3. The number of hydrogen-bond acceptors (Lipinski definition) is 6. The number of benzene rings is 1. The fourth-order valence-corrected chi connectivity index (χ4v) is 4.47. The van der Waals surface area contributed by atoms with Crippen LogP contribution in [-0.4, -0.2) is 37.9 Å². The van der Waals surface area contributed by atoms with E-state index >= 15 is 0 Å². The molecule has 1 fully saturated rings. The van der Waals surface area contributed by atoms with E-state index < -0.39 is 11.0 Å². The number of fused-ring (bicyclic) bond motifs is 3. The molecule has 0 radical (unpaired) electrons. The molecule has 0 bridgehead atoms. The summed E-state index contributed by atoms with van der Waals surface area (Å²) in [6.07, 6.45) is 7.79. The number of carbonyl (C=O) groups is 2. The minimum absolute atomic E-state index is 0.275. The second-order valence-electron chi connectivity index (χ2n) is 8.58. The maximum absolute atomic E-state index is 12.0. The topological polar surface area (TPSA) is 65.1 Å². The average Bonchev–Trinajstić information content (AvgIpc) is 3.21. The Hall–Kier alpha value is -2.34. The molecule has 2 aliphatic rings. The lowest BCUT2D eigenvalue weighted by Gasteiger charge is -2.37. The lowest BCUT2D eigenvalue weighted by Crippen LogP contribution is -2.48. The SMILES string of the molecule is CCCC/C=C/[C@@](C)(COC(C)=O)CN1c2ccccc2[C@]2(OC(C)=O)CCO[C@H]12. The predicted octanol–water partition coefficient (Wildman–Crippen LogP) is 4.33. The summed E-state index contributed by atoms with van der Waals surface area (Å²) in [5.41, 5.74) is 0.772. The second kappa shape index (κ2) is 9.21. The molecule has 3 rings (SSSR count). The molecule has 6 nitrogen and oxygen atoms in total. The van der Waals surface area contributed by atoms with Gasteiger partial charge in [-0.25, -0.2) is 0 Å². The van der Waals surface area contributed by atoms with Gasteiger partial charge in [-0.05, 0) is 12.5 Å². The van der Waals surface area contributed by atoms with E-state index in [9.17, 15) is 9.59 Å². The van der Waals surface area contributed by atoms with Crippen LogP contribution in [-0.2, 0) is 29.4 Å². The Labute approximate surface area is 179 Å². The van der Waals surface area contributed by atoms with Crippen molar-refractivity contribution in [2.75, 3.05) is 24.7 Å². The van der Waals surface area contributed by atoms with Crippen LogP contribution in [0.2, 0.25) is 0 Å². The van der Waals surface area contributed by atoms with E-state index in [1.807, 2.05) is 24.3 Å². The third-order valence-electron chi connectivity index (χ3n) is 5.81. The van der Waals surface area contributed by atoms with Crippen LogP contribution in [0.5, 0.6) is 0 Å². The number of para-hydroxylation sites is 1. The number of esters is 2. The average molecular weight is 416 g/mol. The molecule has 0 saturated carbocycles. The zero-order valence-corrected chi connectivity index (χ0v) is 18.5. The third kappa shape index (κ3) is 4.53. The van der Waals surface area contributed by atoms with E-state index in [0.29, 0.717) is 19.6 Å². The van der Waals surface area contributed by atoms with Crippen LogP contribution in [0.25, 0.3) is 0 Å². The Morgan fingerprint density at radius 2 is 2.07 bits per heavy atom. The first-order valence-corrected chi connectivity index (χ1v) is 10.8. The number of carbonyl (C=O) groups excluding carboxylic acids is 2. The Kier molecular flexibility index (Phi) is 6.86.